The normalized spacial score (nSPS) is 13.8. The zero-order valence-corrected chi connectivity index (χ0v) is 13.7. The van der Waals surface area contributed by atoms with Gasteiger partial charge >= 0.3 is 6.18 Å². The monoisotopic (exact) mass is 349 g/mol. The number of alkyl halides is 3. The summed E-state index contributed by atoms with van der Waals surface area (Å²) in [6.45, 7) is 1.66. The van der Waals surface area contributed by atoms with Gasteiger partial charge in [0.2, 0.25) is 6.79 Å². The van der Waals surface area contributed by atoms with Gasteiger partial charge in [-0.3, -0.25) is 4.90 Å². The van der Waals surface area contributed by atoms with Crippen molar-refractivity contribution in [3.8, 4) is 11.5 Å². The van der Waals surface area contributed by atoms with Gasteiger partial charge in [-0.1, -0.05) is 30.4 Å². The van der Waals surface area contributed by atoms with Crippen LogP contribution in [0, 0.1) is 0 Å². The van der Waals surface area contributed by atoms with Gasteiger partial charge in [-0.05, 0) is 42.4 Å². The second-order valence-electron chi connectivity index (χ2n) is 5.91. The molecule has 0 aromatic heterocycles. The van der Waals surface area contributed by atoms with Crippen LogP contribution in [0.25, 0.3) is 6.08 Å². The van der Waals surface area contributed by atoms with Crippen molar-refractivity contribution < 1.29 is 22.6 Å². The third-order valence-corrected chi connectivity index (χ3v) is 3.85. The molecule has 2 aromatic carbocycles. The maximum atomic E-state index is 12.5. The van der Waals surface area contributed by atoms with E-state index in [1.165, 1.54) is 12.1 Å². The smallest absolute Gasteiger partial charge is 0.416 e. The predicted octanol–water partition coefficient (Wildman–Crippen LogP) is 4.58. The molecule has 0 saturated heterocycles. The molecule has 132 valence electrons. The molecule has 1 aliphatic rings. The molecule has 25 heavy (non-hydrogen) atoms. The molecular formula is C19H18F3NO2. The predicted molar refractivity (Wildman–Crippen MR) is 89.4 cm³/mol. The molecule has 2 aromatic rings. The van der Waals surface area contributed by atoms with Crippen LogP contribution in [-0.4, -0.2) is 25.3 Å². The third-order valence-electron chi connectivity index (χ3n) is 3.85. The number of halogens is 3. The van der Waals surface area contributed by atoms with Crippen LogP contribution < -0.4 is 9.47 Å². The van der Waals surface area contributed by atoms with Crippen molar-refractivity contribution in [3.05, 3.63) is 65.2 Å². The Balaban J connectivity index is 1.53. The Hall–Kier alpha value is -2.47. The highest BCUT2D eigenvalue weighted by molar-refractivity contribution is 5.50. The number of ether oxygens (including phenoxy) is 2. The van der Waals surface area contributed by atoms with Crippen molar-refractivity contribution in [3.63, 3.8) is 0 Å². The lowest BCUT2D eigenvalue weighted by Crippen LogP contribution is -2.17. The fourth-order valence-corrected chi connectivity index (χ4v) is 2.57. The first-order valence-electron chi connectivity index (χ1n) is 7.83. The van der Waals surface area contributed by atoms with Gasteiger partial charge in [0.1, 0.15) is 0 Å². The van der Waals surface area contributed by atoms with Crippen LogP contribution >= 0.6 is 0 Å². The van der Waals surface area contributed by atoms with Crippen LogP contribution in [0.3, 0.4) is 0 Å². The minimum atomic E-state index is -4.30. The summed E-state index contributed by atoms with van der Waals surface area (Å²) in [6, 6.07) is 11.0. The van der Waals surface area contributed by atoms with Gasteiger partial charge < -0.3 is 9.47 Å². The Morgan fingerprint density at radius 3 is 2.48 bits per heavy atom. The quantitative estimate of drug-likeness (QED) is 0.789. The van der Waals surface area contributed by atoms with Crippen molar-refractivity contribution in [2.24, 2.45) is 0 Å². The number of fused-ring (bicyclic) bond motifs is 1. The van der Waals surface area contributed by atoms with E-state index in [1.807, 2.05) is 37.4 Å². The summed E-state index contributed by atoms with van der Waals surface area (Å²) in [6.07, 6.45) is -0.557. The molecule has 0 unspecified atom stereocenters. The summed E-state index contributed by atoms with van der Waals surface area (Å²) in [5.41, 5.74) is 1.21. The molecule has 0 spiro atoms. The summed E-state index contributed by atoms with van der Waals surface area (Å²) in [4.78, 5) is 2.10. The fourth-order valence-electron chi connectivity index (χ4n) is 2.57. The largest absolute Gasteiger partial charge is 0.454 e. The highest BCUT2D eigenvalue weighted by atomic mass is 19.4. The summed E-state index contributed by atoms with van der Waals surface area (Å²) >= 11 is 0. The van der Waals surface area contributed by atoms with Crippen molar-refractivity contribution in [2.75, 3.05) is 20.4 Å². The van der Waals surface area contributed by atoms with Gasteiger partial charge in [0.15, 0.2) is 11.5 Å². The van der Waals surface area contributed by atoms with Crippen molar-refractivity contribution in [1.29, 1.82) is 0 Å². The summed E-state index contributed by atoms with van der Waals surface area (Å²) in [5.74, 6) is 1.51. The van der Waals surface area contributed by atoms with Crippen LogP contribution in [0.15, 0.2) is 48.5 Å². The van der Waals surface area contributed by atoms with E-state index in [9.17, 15) is 13.2 Å². The minimum absolute atomic E-state index is 0.254. The van der Waals surface area contributed by atoms with E-state index in [2.05, 4.69) is 4.90 Å². The Morgan fingerprint density at radius 2 is 1.76 bits per heavy atom. The van der Waals surface area contributed by atoms with Crippen LogP contribution in [0.5, 0.6) is 11.5 Å². The van der Waals surface area contributed by atoms with Crippen molar-refractivity contribution >= 4 is 6.08 Å². The lowest BCUT2D eigenvalue weighted by atomic mass is 10.1. The van der Waals surface area contributed by atoms with Crippen LogP contribution in [0.4, 0.5) is 13.2 Å². The van der Waals surface area contributed by atoms with E-state index in [-0.39, 0.29) is 6.79 Å². The first kappa shape index (κ1) is 17.4. The lowest BCUT2D eigenvalue weighted by molar-refractivity contribution is -0.137. The molecule has 0 atom stereocenters. The van der Waals surface area contributed by atoms with E-state index in [4.69, 9.17) is 9.47 Å². The zero-order valence-electron chi connectivity index (χ0n) is 13.7. The Morgan fingerprint density at radius 1 is 1.04 bits per heavy atom. The Kier molecular flexibility index (Phi) is 4.99. The molecule has 1 aliphatic heterocycles. The molecular weight excluding hydrogens is 331 g/mol. The molecule has 3 nitrogen and oxygen atoms in total. The molecule has 0 fully saturated rings. The Labute approximate surface area is 144 Å². The van der Waals surface area contributed by atoms with Crippen molar-refractivity contribution in [2.45, 2.75) is 12.7 Å². The van der Waals surface area contributed by atoms with E-state index < -0.39 is 11.7 Å². The molecule has 0 N–H and O–H groups in total. The number of benzene rings is 2. The van der Waals surface area contributed by atoms with Crippen LogP contribution in [-0.2, 0) is 12.7 Å². The third kappa shape index (κ3) is 4.54. The fraction of sp³-hybridized carbons (Fsp3) is 0.263. The zero-order chi connectivity index (χ0) is 17.9. The maximum absolute atomic E-state index is 12.5. The molecule has 0 amide bonds. The Bertz CT molecular complexity index is 754. The topological polar surface area (TPSA) is 21.7 Å². The second kappa shape index (κ2) is 7.19. The molecule has 0 radical (unpaired) electrons. The van der Waals surface area contributed by atoms with E-state index in [0.29, 0.717) is 6.54 Å². The number of hydrogen-bond acceptors (Lipinski definition) is 3. The first-order valence-corrected chi connectivity index (χ1v) is 7.83. The molecule has 0 saturated carbocycles. The standard InChI is InChI=1S/C19H18F3NO2/c1-23(12-15-6-9-17-18(11-15)25-13-24-17)10-2-3-14-4-7-16(8-5-14)19(20,21)22/h2-9,11H,10,12-13H2,1H3/b3-2+. The molecule has 1 heterocycles. The van der Waals surface area contributed by atoms with Gasteiger partial charge in [-0.15, -0.1) is 0 Å². The van der Waals surface area contributed by atoms with E-state index in [1.54, 1.807) is 0 Å². The highest BCUT2D eigenvalue weighted by Gasteiger charge is 2.29. The summed E-state index contributed by atoms with van der Waals surface area (Å²) in [7, 11) is 1.97. The minimum Gasteiger partial charge on any atom is -0.454 e. The van der Waals surface area contributed by atoms with Gasteiger partial charge in [0, 0.05) is 13.1 Å². The number of hydrogen-bond donors (Lipinski definition) is 0. The summed E-state index contributed by atoms with van der Waals surface area (Å²) < 4.78 is 48.2. The average Bonchev–Trinajstić information content (AvgIpc) is 3.02. The van der Waals surface area contributed by atoms with Gasteiger partial charge in [0.25, 0.3) is 0 Å². The van der Waals surface area contributed by atoms with Crippen LogP contribution in [0.1, 0.15) is 16.7 Å². The number of likely N-dealkylation sites (N-methyl/N-ethyl adjacent to an activating group) is 1. The van der Waals surface area contributed by atoms with Gasteiger partial charge in [-0.25, -0.2) is 0 Å². The molecule has 0 bridgehead atoms. The maximum Gasteiger partial charge on any atom is 0.416 e. The number of rotatable bonds is 5. The lowest BCUT2D eigenvalue weighted by Gasteiger charge is -2.14. The van der Waals surface area contributed by atoms with E-state index in [0.717, 1.165) is 41.3 Å². The summed E-state index contributed by atoms with van der Waals surface area (Å²) in [5, 5.41) is 0. The van der Waals surface area contributed by atoms with Crippen molar-refractivity contribution in [1.82, 2.24) is 4.90 Å². The van der Waals surface area contributed by atoms with E-state index >= 15 is 0 Å². The average molecular weight is 349 g/mol. The van der Waals surface area contributed by atoms with Gasteiger partial charge in [0.05, 0.1) is 5.56 Å². The SMILES string of the molecule is CN(C/C=C/c1ccc(C(F)(F)F)cc1)Cc1ccc2c(c1)OCO2. The first-order chi connectivity index (χ1) is 11.9. The van der Waals surface area contributed by atoms with Gasteiger partial charge in [-0.2, -0.15) is 13.2 Å². The molecule has 0 aliphatic carbocycles. The highest BCUT2D eigenvalue weighted by Crippen LogP contribution is 2.32. The van der Waals surface area contributed by atoms with Crippen LogP contribution in [0.2, 0.25) is 0 Å². The molecule has 3 rings (SSSR count). The molecule has 6 heteroatoms. The second-order valence-corrected chi connectivity index (χ2v) is 5.91. The number of nitrogens with zero attached hydrogens (tertiary/aromatic N) is 1.